The minimum Gasteiger partial charge on any atom is -0.360 e. The van der Waals surface area contributed by atoms with Crippen LogP contribution < -0.4 is 0 Å². The highest BCUT2D eigenvalue weighted by Crippen LogP contribution is 2.35. The number of aliphatic imine (C=N–C) groups is 1. The second-order valence-electron chi connectivity index (χ2n) is 6.47. The molecule has 0 aliphatic carbocycles. The van der Waals surface area contributed by atoms with Gasteiger partial charge in [-0.3, -0.25) is 4.99 Å². The molecule has 4 nitrogen and oxygen atoms in total. The lowest BCUT2D eigenvalue weighted by atomic mass is 10.0. The zero-order valence-electron chi connectivity index (χ0n) is 13.7. The predicted molar refractivity (Wildman–Crippen MR) is 98.8 cm³/mol. The molecule has 0 radical (unpaired) electrons. The van der Waals surface area contributed by atoms with E-state index in [1.807, 2.05) is 24.4 Å². The van der Waals surface area contributed by atoms with Crippen LogP contribution in [0.2, 0.25) is 0 Å². The number of aromatic nitrogens is 1. The van der Waals surface area contributed by atoms with Crippen LogP contribution in [-0.2, 0) is 16.3 Å². The number of hydrogen-bond donors (Lipinski definition) is 1. The van der Waals surface area contributed by atoms with Crippen LogP contribution in [-0.4, -0.2) is 31.1 Å². The number of fused-ring (bicyclic) bond motifs is 2. The Balaban J connectivity index is 1.67. The highest BCUT2D eigenvalue weighted by Gasteiger charge is 2.17. The molecule has 2 aromatic carbocycles. The van der Waals surface area contributed by atoms with Crippen molar-refractivity contribution in [1.82, 2.24) is 4.98 Å². The summed E-state index contributed by atoms with van der Waals surface area (Å²) in [6.07, 6.45) is 4.28. The van der Waals surface area contributed by atoms with E-state index < -0.39 is 9.84 Å². The summed E-state index contributed by atoms with van der Waals surface area (Å²) in [5, 5.41) is 0.959. The van der Waals surface area contributed by atoms with E-state index in [2.05, 4.69) is 9.98 Å². The van der Waals surface area contributed by atoms with Crippen molar-refractivity contribution in [3.8, 4) is 11.1 Å². The standard InChI is InChI=1S/C19H17FN2O2S/c1-25(23,24)7-6-15-8-13-3-2-12(9-18(13)22-15)17-11-21-19-10-14(20)4-5-16(17)19/h2-5,9-11,21H,6-8H2,1H3. The number of rotatable bonds is 4. The molecule has 3 aromatic rings. The van der Waals surface area contributed by atoms with Gasteiger partial charge in [0.2, 0.25) is 0 Å². The summed E-state index contributed by atoms with van der Waals surface area (Å²) in [7, 11) is -2.99. The summed E-state index contributed by atoms with van der Waals surface area (Å²) in [5.41, 5.74) is 5.66. The van der Waals surface area contributed by atoms with Gasteiger partial charge in [-0.05, 0) is 35.4 Å². The normalized spacial score (nSPS) is 13.9. The Morgan fingerprint density at radius 1 is 1.20 bits per heavy atom. The van der Waals surface area contributed by atoms with Crippen LogP contribution in [0.5, 0.6) is 0 Å². The molecule has 128 valence electrons. The van der Waals surface area contributed by atoms with E-state index in [-0.39, 0.29) is 11.6 Å². The number of halogens is 1. The Morgan fingerprint density at radius 3 is 2.84 bits per heavy atom. The van der Waals surface area contributed by atoms with Crippen molar-refractivity contribution in [1.29, 1.82) is 0 Å². The zero-order chi connectivity index (χ0) is 17.6. The average Bonchev–Trinajstić information content (AvgIpc) is 3.14. The number of aromatic amines is 1. The topological polar surface area (TPSA) is 62.3 Å². The minimum atomic E-state index is -2.99. The molecule has 2 heterocycles. The summed E-state index contributed by atoms with van der Waals surface area (Å²) < 4.78 is 36.0. The van der Waals surface area contributed by atoms with Crippen LogP contribution in [0.3, 0.4) is 0 Å². The summed E-state index contributed by atoms with van der Waals surface area (Å²) >= 11 is 0. The molecule has 25 heavy (non-hydrogen) atoms. The largest absolute Gasteiger partial charge is 0.360 e. The van der Waals surface area contributed by atoms with Crippen molar-refractivity contribution in [2.24, 2.45) is 4.99 Å². The molecule has 0 spiro atoms. The van der Waals surface area contributed by atoms with Crippen LogP contribution >= 0.6 is 0 Å². The van der Waals surface area contributed by atoms with Crippen LogP contribution in [0.1, 0.15) is 12.0 Å². The maximum atomic E-state index is 13.3. The van der Waals surface area contributed by atoms with Crippen LogP contribution in [0.25, 0.3) is 22.0 Å². The van der Waals surface area contributed by atoms with Gasteiger partial charge in [0.05, 0.1) is 11.4 Å². The number of nitrogens with zero attached hydrogens (tertiary/aromatic N) is 1. The number of hydrogen-bond acceptors (Lipinski definition) is 3. The van der Waals surface area contributed by atoms with E-state index in [0.29, 0.717) is 12.8 Å². The second kappa shape index (κ2) is 5.81. The smallest absolute Gasteiger partial charge is 0.147 e. The summed E-state index contributed by atoms with van der Waals surface area (Å²) in [5.74, 6) is -0.143. The summed E-state index contributed by atoms with van der Waals surface area (Å²) in [4.78, 5) is 7.70. The Kier molecular flexibility index (Phi) is 3.72. The molecule has 1 aromatic heterocycles. The lowest BCUT2D eigenvalue weighted by Crippen LogP contribution is -2.09. The fraction of sp³-hybridized carbons (Fsp3) is 0.211. The first-order valence-electron chi connectivity index (χ1n) is 8.03. The molecule has 0 atom stereocenters. The van der Waals surface area contributed by atoms with E-state index in [4.69, 9.17) is 0 Å². The summed E-state index contributed by atoms with van der Waals surface area (Å²) in [6, 6.07) is 10.8. The maximum absolute atomic E-state index is 13.3. The van der Waals surface area contributed by atoms with Gasteiger partial charge in [-0.25, -0.2) is 12.8 Å². The molecular weight excluding hydrogens is 339 g/mol. The maximum Gasteiger partial charge on any atom is 0.147 e. The Hall–Kier alpha value is -2.47. The molecule has 6 heteroatoms. The molecule has 0 fully saturated rings. The number of sulfone groups is 1. The zero-order valence-corrected chi connectivity index (χ0v) is 14.5. The lowest BCUT2D eigenvalue weighted by molar-refractivity contribution is 0.602. The van der Waals surface area contributed by atoms with Crippen molar-refractivity contribution < 1.29 is 12.8 Å². The van der Waals surface area contributed by atoms with Crippen LogP contribution in [0.15, 0.2) is 47.6 Å². The van der Waals surface area contributed by atoms with Crippen molar-refractivity contribution in [3.63, 3.8) is 0 Å². The highest BCUT2D eigenvalue weighted by molar-refractivity contribution is 7.90. The number of H-pyrrole nitrogens is 1. The average molecular weight is 356 g/mol. The molecular formula is C19H17FN2O2S. The molecule has 0 amide bonds. The Morgan fingerprint density at radius 2 is 2.04 bits per heavy atom. The fourth-order valence-electron chi connectivity index (χ4n) is 3.20. The van der Waals surface area contributed by atoms with Gasteiger partial charge in [0.1, 0.15) is 15.7 Å². The molecule has 1 aliphatic heterocycles. The highest BCUT2D eigenvalue weighted by atomic mass is 32.2. The molecule has 0 unspecified atom stereocenters. The van der Waals surface area contributed by atoms with Crippen molar-refractivity contribution >= 4 is 32.1 Å². The van der Waals surface area contributed by atoms with Gasteiger partial charge < -0.3 is 4.98 Å². The Bertz CT molecular complexity index is 1110. The van der Waals surface area contributed by atoms with Gasteiger partial charge in [0, 0.05) is 47.5 Å². The number of nitrogens with one attached hydrogen (secondary N) is 1. The van der Waals surface area contributed by atoms with Crippen molar-refractivity contribution in [3.05, 3.63) is 54.0 Å². The van der Waals surface area contributed by atoms with E-state index in [1.165, 1.54) is 18.4 Å². The van der Waals surface area contributed by atoms with Gasteiger partial charge in [0.15, 0.2) is 0 Å². The number of benzene rings is 2. The molecule has 0 bridgehead atoms. The minimum absolute atomic E-state index is 0.126. The van der Waals surface area contributed by atoms with Crippen LogP contribution in [0.4, 0.5) is 10.1 Å². The van der Waals surface area contributed by atoms with Crippen molar-refractivity contribution in [2.75, 3.05) is 12.0 Å². The van der Waals surface area contributed by atoms with Gasteiger partial charge in [-0.1, -0.05) is 12.1 Å². The molecule has 0 saturated carbocycles. The second-order valence-corrected chi connectivity index (χ2v) is 8.73. The SMILES string of the molecule is CS(=O)(=O)CCC1=Nc2cc(-c3c[nH]c4cc(F)ccc34)ccc2C1. The van der Waals surface area contributed by atoms with E-state index in [9.17, 15) is 12.8 Å². The van der Waals surface area contributed by atoms with E-state index in [1.54, 1.807) is 6.07 Å². The Labute approximate surface area is 145 Å². The molecule has 1 aliphatic rings. The predicted octanol–water partition coefficient (Wildman–Crippen LogP) is 4.04. The third kappa shape index (κ3) is 3.22. The van der Waals surface area contributed by atoms with Crippen LogP contribution in [0, 0.1) is 5.82 Å². The quantitative estimate of drug-likeness (QED) is 0.767. The first-order chi connectivity index (χ1) is 11.9. The molecule has 4 rings (SSSR count). The van der Waals surface area contributed by atoms with Gasteiger partial charge in [-0.2, -0.15) is 0 Å². The van der Waals surface area contributed by atoms with E-state index in [0.717, 1.165) is 39.0 Å². The molecule has 0 saturated heterocycles. The third-order valence-electron chi connectivity index (χ3n) is 4.47. The monoisotopic (exact) mass is 356 g/mol. The van der Waals surface area contributed by atoms with Crippen molar-refractivity contribution in [2.45, 2.75) is 12.8 Å². The molecule has 1 N–H and O–H groups in total. The fourth-order valence-corrected chi connectivity index (χ4v) is 3.81. The third-order valence-corrected chi connectivity index (χ3v) is 5.42. The summed E-state index contributed by atoms with van der Waals surface area (Å²) in [6.45, 7) is 0. The lowest BCUT2D eigenvalue weighted by Gasteiger charge is -2.03. The first-order valence-corrected chi connectivity index (χ1v) is 10.1. The van der Waals surface area contributed by atoms with Gasteiger partial charge in [-0.15, -0.1) is 0 Å². The van der Waals surface area contributed by atoms with Gasteiger partial charge >= 0.3 is 0 Å². The first kappa shape index (κ1) is 16.0. The van der Waals surface area contributed by atoms with E-state index >= 15 is 0 Å². The van der Waals surface area contributed by atoms with Gasteiger partial charge in [0.25, 0.3) is 0 Å².